The zero-order valence-electron chi connectivity index (χ0n) is 35.0. The molecule has 4 amide bonds. The summed E-state index contributed by atoms with van der Waals surface area (Å²) in [5.41, 5.74) is 6.09. The summed E-state index contributed by atoms with van der Waals surface area (Å²) in [5, 5.41) is 9.04. The van der Waals surface area contributed by atoms with Gasteiger partial charge in [-0.2, -0.15) is 0 Å². The largest absolute Gasteiger partial charge is 0.453 e. The number of amides is 4. The molecule has 0 bridgehead atoms. The summed E-state index contributed by atoms with van der Waals surface area (Å²) in [5.74, 6) is 0.516. The highest BCUT2D eigenvalue weighted by molar-refractivity contribution is 5.87. The van der Waals surface area contributed by atoms with Crippen molar-refractivity contribution in [3.8, 4) is 22.4 Å². The minimum atomic E-state index is -0.655. The van der Waals surface area contributed by atoms with Crippen molar-refractivity contribution < 1.29 is 28.7 Å². The monoisotopic (exact) mass is 786 g/mol. The number of hydrogen-bond donors (Lipinski definition) is 4. The molecular weight excluding hydrogens is 725 g/mol. The normalized spacial score (nSPS) is 19.6. The van der Waals surface area contributed by atoms with Crippen molar-refractivity contribution in [2.75, 3.05) is 41.5 Å². The van der Waals surface area contributed by atoms with Crippen molar-refractivity contribution in [1.29, 1.82) is 0 Å². The van der Waals surface area contributed by atoms with Crippen LogP contribution < -0.4 is 16.0 Å². The van der Waals surface area contributed by atoms with E-state index in [9.17, 15) is 19.2 Å². The Kier molecular flexibility index (Phi) is 16.5. The molecule has 0 saturated carbocycles. The third-order valence-corrected chi connectivity index (χ3v) is 10.6. The second kappa shape index (κ2) is 21.2. The molecule has 2 aromatic carbocycles. The molecule has 3 aromatic rings. The first-order valence-electron chi connectivity index (χ1n) is 20.1. The number of benzene rings is 2. The number of methoxy groups -OCH3 is 2. The van der Waals surface area contributed by atoms with E-state index in [0.717, 1.165) is 65.2 Å². The van der Waals surface area contributed by atoms with Gasteiger partial charge in [-0.25, -0.2) is 9.78 Å². The summed E-state index contributed by atoms with van der Waals surface area (Å²) in [4.78, 5) is 63.7. The van der Waals surface area contributed by atoms with Crippen LogP contribution in [-0.4, -0.2) is 115 Å². The van der Waals surface area contributed by atoms with Gasteiger partial charge in [-0.15, -0.1) is 0 Å². The molecule has 3 aliphatic heterocycles. The summed E-state index contributed by atoms with van der Waals surface area (Å²) in [6.07, 6.45) is 7.81. The summed E-state index contributed by atoms with van der Waals surface area (Å²) < 4.78 is 9.03. The lowest BCUT2D eigenvalue weighted by Crippen LogP contribution is -2.57. The van der Waals surface area contributed by atoms with Gasteiger partial charge in [0.2, 0.25) is 18.2 Å². The quantitative estimate of drug-likeness (QED) is 0.168. The van der Waals surface area contributed by atoms with Gasteiger partial charge < -0.3 is 45.1 Å². The smallest absolute Gasteiger partial charge is 0.407 e. The molecule has 5 atom stereocenters. The summed E-state index contributed by atoms with van der Waals surface area (Å²) in [6, 6.07) is 15.4. The van der Waals surface area contributed by atoms with Gasteiger partial charge in [-0.05, 0) is 60.3 Å². The number of carbonyl (C=O) groups excluding carboxylic acids is 4. The second-order valence-corrected chi connectivity index (χ2v) is 14.6. The molecule has 14 nitrogen and oxygen atoms in total. The number of alkyl carbamates (subject to hydrolysis) is 1. The zero-order chi connectivity index (χ0) is 41.6. The number of carbonyl (C=O) groups is 4. The van der Waals surface area contributed by atoms with E-state index in [1.165, 1.54) is 7.11 Å². The van der Waals surface area contributed by atoms with E-state index in [-0.39, 0.29) is 36.0 Å². The fourth-order valence-corrected chi connectivity index (χ4v) is 7.68. The number of imidazole rings is 1. The fourth-order valence-electron chi connectivity index (χ4n) is 7.68. The van der Waals surface area contributed by atoms with E-state index in [4.69, 9.17) is 4.74 Å². The van der Waals surface area contributed by atoms with Gasteiger partial charge in [0.15, 0.2) is 0 Å². The maximum Gasteiger partial charge on any atom is 0.407 e. The number of aromatic amines is 1. The standard InChI is InChI=1S/C39H50N8O5.C2H6O.C2H6/c1-6-29(41-23-48)37(49)46-19-7-9-32(46)35-40-21-30(42-35)27-15-11-25(12-16-27)26-13-17-28(18-14-26)31-22-45(4)36(43-31)33-10-8-20-47(33)38(50)34(24(2)3)44-39(51)52-5;1-3-2;1-2/h11-18,21-24,29,32-34,36,43H,6-10,19-20H2,1-5H3,(H,40,42)(H,41,48)(H,44,51);1-2H3;1-2H3/t29-,32-,33?,34?,36?;;/m0../s1. The minimum absolute atomic E-state index is 0.0468. The summed E-state index contributed by atoms with van der Waals surface area (Å²) in [6.45, 7) is 11.0. The Bertz CT molecular complexity index is 1790. The third-order valence-electron chi connectivity index (χ3n) is 10.6. The topological polar surface area (TPSA) is 161 Å². The van der Waals surface area contributed by atoms with Gasteiger partial charge in [0.25, 0.3) is 0 Å². The number of likely N-dealkylation sites (tertiary alicyclic amines) is 2. The molecule has 57 heavy (non-hydrogen) atoms. The van der Waals surface area contributed by atoms with Crippen LogP contribution in [0.4, 0.5) is 4.79 Å². The van der Waals surface area contributed by atoms with Crippen molar-refractivity contribution in [3.63, 3.8) is 0 Å². The van der Waals surface area contributed by atoms with Crippen LogP contribution in [-0.2, 0) is 23.9 Å². The van der Waals surface area contributed by atoms with Gasteiger partial charge in [0, 0.05) is 40.6 Å². The van der Waals surface area contributed by atoms with Crippen LogP contribution in [0.5, 0.6) is 0 Å². The molecule has 6 rings (SSSR count). The van der Waals surface area contributed by atoms with E-state index in [2.05, 4.69) is 90.3 Å². The van der Waals surface area contributed by atoms with Gasteiger partial charge in [-0.1, -0.05) is 83.1 Å². The van der Waals surface area contributed by atoms with E-state index in [1.807, 2.05) is 57.7 Å². The summed E-state index contributed by atoms with van der Waals surface area (Å²) in [7, 11) is 6.58. The van der Waals surface area contributed by atoms with Crippen LogP contribution in [0.3, 0.4) is 0 Å². The first-order chi connectivity index (χ1) is 27.5. The molecule has 310 valence electrons. The lowest BCUT2D eigenvalue weighted by Gasteiger charge is -2.36. The van der Waals surface area contributed by atoms with Gasteiger partial charge in [0.1, 0.15) is 24.1 Å². The SMILES string of the molecule is CC.CC[C@H](NC=O)C(=O)N1CCC[C@H]1c1ncc(-c2ccc(-c3ccc(C4=CN(C)C(C5CCCN5C(=O)C(NC(=O)OC)C(C)C)N4)cc3)cc2)[nH]1.COC. The minimum Gasteiger partial charge on any atom is -0.453 e. The van der Waals surface area contributed by atoms with Crippen molar-refractivity contribution >= 4 is 30.0 Å². The Morgan fingerprint density at radius 3 is 2.05 bits per heavy atom. The van der Waals surface area contributed by atoms with Crippen LogP contribution in [0, 0.1) is 5.92 Å². The fraction of sp³-hybridized carbons (Fsp3) is 0.512. The molecule has 0 radical (unpaired) electrons. The number of hydrogen-bond acceptors (Lipinski definition) is 9. The van der Waals surface area contributed by atoms with Gasteiger partial charge in [-0.3, -0.25) is 14.4 Å². The Morgan fingerprint density at radius 2 is 1.47 bits per heavy atom. The van der Waals surface area contributed by atoms with Crippen LogP contribution in [0.2, 0.25) is 0 Å². The molecule has 2 saturated heterocycles. The second-order valence-electron chi connectivity index (χ2n) is 14.6. The Morgan fingerprint density at radius 1 is 0.895 bits per heavy atom. The van der Waals surface area contributed by atoms with Crippen molar-refractivity contribution in [2.24, 2.45) is 5.92 Å². The predicted octanol–water partition coefficient (Wildman–Crippen LogP) is 5.75. The Labute approximate surface area is 337 Å². The van der Waals surface area contributed by atoms with E-state index < -0.39 is 18.2 Å². The molecule has 3 unspecified atom stereocenters. The van der Waals surface area contributed by atoms with E-state index >= 15 is 0 Å². The molecule has 0 spiro atoms. The Hall–Kier alpha value is -5.37. The predicted molar refractivity (Wildman–Crippen MR) is 222 cm³/mol. The number of H-pyrrole nitrogens is 1. The van der Waals surface area contributed by atoms with Crippen LogP contribution in [0.25, 0.3) is 28.1 Å². The van der Waals surface area contributed by atoms with Crippen LogP contribution >= 0.6 is 0 Å². The lowest BCUT2D eigenvalue weighted by atomic mass is 10.0. The number of ether oxygens (including phenoxy) is 2. The third kappa shape index (κ3) is 10.5. The van der Waals surface area contributed by atoms with Gasteiger partial charge >= 0.3 is 6.09 Å². The molecule has 1 aromatic heterocycles. The first-order valence-corrected chi connectivity index (χ1v) is 20.1. The number of aromatic nitrogens is 2. The van der Waals surface area contributed by atoms with E-state index in [1.54, 1.807) is 14.2 Å². The highest BCUT2D eigenvalue weighted by Crippen LogP contribution is 2.34. The van der Waals surface area contributed by atoms with Crippen LogP contribution in [0.1, 0.15) is 84.2 Å². The first kappa shape index (κ1) is 44.3. The Balaban J connectivity index is 0.00000137. The summed E-state index contributed by atoms with van der Waals surface area (Å²) >= 11 is 0. The maximum absolute atomic E-state index is 13.6. The maximum atomic E-state index is 13.6. The highest BCUT2D eigenvalue weighted by Gasteiger charge is 2.42. The van der Waals surface area contributed by atoms with Gasteiger partial charge in [0.05, 0.1) is 36.8 Å². The molecule has 4 N–H and O–H groups in total. The number of likely N-dealkylation sites (N-methyl/N-ethyl adjacent to an activating group) is 1. The van der Waals surface area contributed by atoms with Crippen molar-refractivity contribution in [2.45, 2.75) is 97.1 Å². The average molecular weight is 787 g/mol. The van der Waals surface area contributed by atoms with Crippen molar-refractivity contribution in [3.05, 3.63) is 72.3 Å². The van der Waals surface area contributed by atoms with Crippen LogP contribution in [0.15, 0.2) is 60.9 Å². The number of nitrogens with one attached hydrogen (secondary N) is 4. The van der Waals surface area contributed by atoms with E-state index in [0.29, 0.717) is 25.9 Å². The molecular formula is C43H62N8O6. The molecule has 2 fully saturated rings. The van der Waals surface area contributed by atoms with Crippen molar-refractivity contribution in [1.82, 2.24) is 40.6 Å². The molecule has 4 heterocycles. The number of rotatable bonds is 12. The molecule has 14 heteroatoms. The lowest BCUT2D eigenvalue weighted by molar-refractivity contribution is -0.136. The molecule has 0 aliphatic carbocycles. The average Bonchev–Trinajstić information content (AvgIpc) is 4.07. The zero-order valence-corrected chi connectivity index (χ0v) is 35.0. The molecule has 3 aliphatic rings. The highest BCUT2D eigenvalue weighted by atomic mass is 16.5. The number of nitrogens with zero attached hydrogens (tertiary/aromatic N) is 4.